The fourth-order valence-corrected chi connectivity index (χ4v) is 2.54. The largest absolute Gasteiger partial charge is 0.454 e. The molecule has 0 saturated heterocycles. The van der Waals surface area contributed by atoms with Crippen LogP contribution in [-0.4, -0.2) is 18.4 Å². The van der Waals surface area contributed by atoms with Crippen LogP contribution in [0.25, 0.3) is 0 Å². The van der Waals surface area contributed by atoms with E-state index in [1.165, 1.54) is 0 Å². The summed E-state index contributed by atoms with van der Waals surface area (Å²) in [5.74, 6) is 1.49. The third-order valence-corrected chi connectivity index (χ3v) is 3.47. The minimum atomic E-state index is -0.894. The van der Waals surface area contributed by atoms with Crippen molar-refractivity contribution in [3.05, 3.63) is 23.3 Å². The standard InChI is InChI=1S/C12H15NO3/c13-6-12(14)3-1-2-8-4-10-11(5-9(8)12)16-7-15-10/h4-5,14H,1-3,6-7,13H2. The summed E-state index contributed by atoms with van der Waals surface area (Å²) < 4.78 is 10.7. The lowest BCUT2D eigenvalue weighted by Gasteiger charge is -2.33. The molecule has 0 radical (unpaired) electrons. The molecule has 0 fully saturated rings. The first kappa shape index (κ1) is 9.93. The van der Waals surface area contributed by atoms with Gasteiger partial charge in [0.1, 0.15) is 5.60 Å². The molecule has 1 aliphatic carbocycles. The lowest BCUT2D eigenvalue weighted by atomic mass is 9.79. The highest BCUT2D eigenvalue weighted by Crippen LogP contribution is 2.42. The summed E-state index contributed by atoms with van der Waals surface area (Å²) in [6.07, 6.45) is 2.64. The van der Waals surface area contributed by atoms with Gasteiger partial charge in [0.15, 0.2) is 11.5 Å². The average molecular weight is 221 g/mol. The van der Waals surface area contributed by atoms with Crippen molar-refractivity contribution in [1.82, 2.24) is 0 Å². The number of hydrogen-bond acceptors (Lipinski definition) is 4. The van der Waals surface area contributed by atoms with E-state index in [9.17, 15) is 5.11 Å². The molecular formula is C12H15NO3. The lowest BCUT2D eigenvalue weighted by molar-refractivity contribution is 0.0278. The highest BCUT2D eigenvalue weighted by molar-refractivity contribution is 5.51. The van der Waals surface area contributed by atoms with Gasteiger partial charge in [-0.2, -0.15) is 0 Å². The zero-order valence-corrected chi connectivity index (χ0v) is 9.03. The normalized spacial score (nSPS) is 26.6. The second-order valence-corrected chi connectivity index (χ2v) is 4.45. The van der Waals surface area contributed by atoms with Crippen LogP contribution < -0.4 is 15.2 Å². The van der Waals surface area contributed by atoms with E-state index in [1.54, 1.807) is 0 Å². The second kappa shape index (κ2) is 3.37. The molecule has 3 rings (SSSR count). The van der Waals surface area contributed by atoms with Crippen LogP contribution in [0.1, 0.15) is 24.0 Å². The lowest BCUT2D eigenvalue weighted by Crippen LogP contribution is -2.38. The molecule has 1 aromatic rings. The van der Waals surface area contributed by atoms with Crippen molar-refractivity contribution >= 4 is 0 Å². The van der Waals surface area contributed by atoms with E-state index in [-0.39, 0.29) is 13.3 Å². The molecule has 0 spiro atoms. The Balaban J connectivity index is 2.14. The van der Waals surface area contributed by atoms with Crippen molar-refractivity contribution in [1.29, 1.82) is 0 Å². The number of nitrogens with two attached hydrogens (primary N) is 1. The Morgan fingerprint density at radius 1 is 1.31 bits per heavy atom. The van der Waals surface area contributed by atoms with Gasteiger partial charge in [-0.05, 0) is 42.5 Å². The zero-order valence-electron chi connectivity index (χ0n) is 9.03. The fraction of sp³-hybridized carbons (Fsp3) is 0.500. The molecule has 4 heteroatoms. The molecule has 1 atom stereocenters. The first-order chi connectivity index (χ1) is 7.73. The van der Waals surface area contributed by atoms with Crippen LogP contribution in [0.2, 0.25) is 0 Å². The van der Waals surface area contributed by atoms with E-state index in [4.69, 9.17) is 15.2 Å². The summed E-state index contributed by atoms with van der Waals surface area (Å²) in [6, 6.07) is 3.85. The highest BCUT2D eigenvalue weighted by atomic mass is 16.7. The Bertz CT molecular complexity index is 433. The van der Waals surface area contributed by atoms with Gasteiger partial charge in [0.05, 0.1) is 0 Å². The molecule has 2 aliphatic rings. The Morgan fingerprint density at radius 3 is 2.81 bits per heavy atom. The molecule has 1 heterocycles. The van der Waals surface area contributed by atoms with Gasteiger partial charge in [-0.15, -0.1) is 0 Å². The molecule has 1 unspecified atom stereocenters. The first-order valence-corrected chi connectivity index (χ1v) is 5.58. The monoisotopic (exact) mass is 221 g/mol. The van der Waals surface area contributed by atoms with Gasteiger partial charge >= 0.3 is 0 Å². The van der Waals surface area contributed by atoms with Crippen molar-refractivity contribution in [2.75, 3.05) is 13.3 Å². The van der Waals surface area contributed by atoms with Gasteiger partial charge in [0.25, 0.3) is 0 Å². The summed E-state index contributed by atoms with van der Waals surface area (Å²) in [6.45, 7) is 0.513. The van der Waals surface area contributed by atoms with E-state index >= 15 is 0 Å². The Labute approximate surface area is 94.0 Å². The SMILES string of the molecule is NCC1(O)CCCc2cc3c(cc21)OCO3. The number of ether oxygens (including phenoxy) is 2. The Hall–Kier alpha value is -1.26. The molecule has 3 N–H and O–H groups in total. The molecule has 0 bridgehead atoms. The van der Waals surface area contributed by atoms with Crippen molar-refractivity contribution in [3.8, 4) is 11.5 Å². The number of benzene rings is 1. The average Bonchev–Trinajstić information content (AvgIpc) is 2.74. The maximum absolute atomic E-state index is 10.4. The Kier molecular flexibility index (Phi) is 2.09. The van der Waals surface area contributed by atoms with Crippen LogP contribution in [0.4, 0.5) is 0 Å². The summed E-state index contributed by atoms with van der Waals surface area (Å²) >= 11 is 0. The number of aliphatic hydroxyl groups is 1. The predicted molar refractivity (Wildman–Crippen MR) is 58.5 cm³/mol. The minimum absolute atomic E-state index is 0.250. The Morgan fingerprint density at radius 2 is 2.06 bits per heavy atom. The number of rotatable bonds is 1. The fourth-order valence-electron chi connectivity index (χ4n) is 2.54. The van der Waals surface area contributed by atoms with Crippen molar-refractivity contribution in [2.45, 2.75) is 24.9 Å². The third-order valence-electron chi connectivity index (χ3n) is 3.47. The molecule has 0 amide bonds. The van der Waals surface area contributed by atoms with Gasteiger partial charge in [0.2, 0.25) is 6.79 Å². The zero-order chi connectivity index (χ0) is 11.2. The maximum atomic E-state index is 10.4. The topological polar surface area (TPSA) is 64.7 Å². The van der Waals surface area contributed by atoms with E-state index < -0.39 is 5.60 Å². The van der Waals surface area contributed by atoms with Gasteiger partial charge in [-0.3, -0.25) is 0 Å². The molecule has 4 nitrogen and oxygen atoms in total. The summed E-state index contributed by atoms with van der Waals surface area (Å²) in [5, 5.41) is 10.4. The second-order valence-electron chi connectivity index (χ2n) is 4.45. The van der Waals surface area contributed by atoms with Gasteiger partial charge in [0, 0.05) is 6.54 Å². The number of aryl methyl sites for hydroxylation is 1. The first-order valence-electron chi connectivity index (χ1n) is 5.58. The number of fused-ring (bicyclic) bond motifs is 2. The smallest absolute Gasteiger partial charge is 0.231 e. The number of hydrogen-bond donors (Lipinski definition) is 2. The highest BCUT2D eigenvalue weighted by Gasteiger charge is 2.34. The molecular weight excluding hydrogens is 206 g/mol. The van der Waals surface area contributed by atoms with E-state index in [0.29, 0.717) is 5.75 Å². The van der Waals surface area contributed by atoms with Crippen LogP contribution in [0.15, 0.2) is 12.1 Å². The maximum Gasteiger partial charge on any atom is 0.231 e. The van der Waals surface area contributed by atoms with Gasteiger partial charge in [-0.1, -0.05) is 0 Å². The summed E-state index contributed by atoms with van der Waals surface area (Å²) in [5.41, 5.74) is 6.82. The molecule has 0 aromatic heterocycles. The molecule has 16 heavy (non-hydrogen) atoms. The van der Waals surface area contributed by atoms with Crippen molar-refractivity contribution < 1.29 is 14.6 Å². The predicted octanol–water partition coefficient (Wildman–Crippen LogP) is 0.898. The van der Waals surface area contributed by atoms with E-state index in [0.717, 1.165) is 36.1 Å². The minimum Gasteiger partial charge on any atom is -0.454 e. The molecule has 1 aliphatic heterocycles. The van der Waals surface area contributed by atoms with Gasteiger partial charge < -0.3 is 20.3 Å². The summed E-state index contributed by atoms with van der Waals surface area (Å²) in [4.78, 5) is 0. The van der Waals surface area contributed by atoms with E-state index in [2.05, 4.69) is 0 Å². The molecule has 1 aromatic carbocycles. The van der Waals surface area contributed by atoms with Crippen LogP contribution in [0.5, 0.6) is 11.5 Å². The third kappa shape index (κ3) is 1.30. The summed E-state index contributed by atoms with van der Waals surface area (Å²) in [7, 11) is 0. The molecule has 86 valence electrons. The van der Waals surface area contributed by atoms with Crippen LogP contribution in [0.3, 0.4) is 0 Å². The molecule has 0 saturated carbocycles. The van der Waals surface area contributed by atoms with E-state index in [1.807, 2.05) is 12.1 Å². The van der Waals surface area contributed by atoms with Crippen molar-refractivity contribution in [3.63, 3.8) is 0 Å². The quantitative estimate of drug-likeness (QED) is 0.739. The van der Waals surface area contributed by atoms with Crippen LogP contribution >= 0.6 is 0 Å². The van der Waals surface area contributed by atoms with Crippen molar-refractivity contribution in [2.24, 2.45) is 5.73 Å². The van der Waals surface area contributed by atoms with Gasteiger partial charge in [-0.25, -0.2) is 0 Å². The van der Waals surface area contributed by atoms with Crippen LogP contribution in [0, 0.1) is 0 Å². The van der Waals surface area contributed by atoms with Crippen LogP contribution in [-0.2, 0) is 12.0 Å².